The van der Waals surface area contributed by atoms with Crippen LogP contribution in [-0.2, 0) is 13.0 Å². The molecule has 18 heavy (non-hydrogen) atoms. The number of thioether (sulfide) groups is 1. The quantitative estimate of drug-likeness (QED) is 0.879. The summed E-state index contributed by atoms with van der Waals surface area (Å²) in [5.41, 5.74) is 2.99. The van der Waals surface area contributed by atoms with Crippen molar-refractivity contribution in [2.45, 2.75) is 32.0 Å². The van der Waals surface area contributed by atoms with Gasteiger partial charge in [-0.3, -0.25) is 0 Å². The third kappa shape index (κ3) is 3.50. The minimum absolute atomic E-state index is 0.592. The highest BCUT2D eigenvalue weighted by molar-refractivity contribution is 7.98. The molecule has 2 atom stereocenters. The maximum absolute atomic E-state index is 3.65. The first-order valence-electron chi connectivity index (χ1n) is 6.70. The standard InChI is InChI=1S/C15H24N2S/c1-12(11-18-3)17(2)10-15-8-13-6-4-5-7-14(13)9-16-15/h4-7,12,15-16H,8-11H2,1-3H3/t12?,15-/m1/s1. The Morgan fingerprint density at radius 2 is 2.11 bits per heavy atom. The van der Waals surface area contributed by atoms with Crippen LogP contribution in [0.25, 0.3) is 0 Å². The molecule has 0 radical (unpaired) electrons. The van der Waals surface area contributed by atoms with Crippen molar-refractivity contribution < 1.29 is 0 Å². The summed E-state index contributed by atoms with van der Waals surface area (Å²) in [5.74, 6) is 1.21. The highest BCUT2D eigenvalue weighted by Crippen LogP contribution is 2.17. The second-order valence-electron chi connectivity index (χ2n) is 5.29. The number of nitrogens with one attached hydrogen (secondary N) is 1. The van der Waals surface area contributed by atoms with Crippen molar-refractivity contribution >= 4 is 11.8 Å². The molecule has 0 aliphatic carbocycles. The first kappa shape index (κ1) is 13.9. The molecule has 1 aliphatic heterocycles. The molecule has 2 nitrogen and oxygen atoms in total. The van der Waals surface area contributed by atoms with Gasteiger partial charge in [0.1, 0.15) is 0 Å². The summed E-state index contributed by atoms with van der Waals surface area (Å²) in [6.07, 6.45) is 3.34. The summed E-state index contributed by atoms with van der Waals surface area (Å²) in [6, 6.07) is 10.0. The molecule has 0 aromatic heterocycles. The lowest BCUT2D eigenvalue weighted by Gasteiger charge is -2.32. The molecule has 1 aromatic rings. The number of likely N-dealkylation sites (N-methyl/N-ethyl adjacent to an activating group) is 1. The maximum atomic E-state index is 3.65. The van der Waals surface area contributed by atoms with Crippen molar-refractivity contribution in [3.8, 4) is 0 Å². The van der Waals surface area contributed by atoms with E-state index in [1.807, 2.05) is 11.8 Å². The van der Waals surface area contributed by atoms with Gasteiger partial charge in [-0.2, -0.15) is 11.8 Å². The fraction of sp³-hybridized carbons (Fsp3) is 0.600. The van der Waals surface area contributed by atoms with Crippen LogP contribution in [-0.4, -0.2) is 42.6 Å². The van der Waals surface area contributed by atoms with Crippen LogP contribution in [0.1, 0.15) is 18.1 Å². The average Bonchev–Trinajstić information content (AvgIpc) is 2.39. The Morgan fingerprint density at radius 3 is 2.83 bits per heavy atom. The van der Waals surface area contributed by atoms with Gasteiger partial charge in [0.15, 0.2) is 0 Å². The van der Waals surface area contributed by atoms with Crippen molar-refractivity contribution in [1.82, 2.24) is 10.2 Å². The van der Waals surface area contributed by atoms with Gasteiger partial charge in [0.05, 0.1) is 0 Å². The van der Waals surface area contributed by atoms with E-state index in [-0.39, 0.29) is 0 Å². The zero-order valence-corrected chi connectivity index (χ0v) is 12.5. The van der Waals surface area contributed by atoms with Gasteiger partial charge in [-0.1, -0.05) is 24.3 Å². The molecule has 100 valence electrons. The SMILES string of the molecule is CSCC(C)N(C)C[C@H]1Cc2ccccc2CN1. The number of benzene rings is 1. The van der Waals surface area contributed by atoms with Gasteiger partial charge in [0.25, 0.3) is 0 Å². The molecule has 1 N–H and O–H groups in total. The molecular formula is C15H24N2S. The van der Waals surface area contributed by atoms with Gasteiger partial charge < -0.3 is 10.2 Å². The Labute approximate surface area is 115 Å². The maximum Gasteiger partial charge on any atom is 0.0238 e. The van der Waals surface area contributed by atoms with Gasteiger partial charge in [-0.05, 0) is 37.8 Å². The molecular weight excluding hydrogens is 240 g/mol. The summed E-state index contributed by atoms with van der Waals surface area (Å²) in [4.78, 5) is 2.47. The minimum Gasteiger partial charge on any atom is -0.308 e. The van der Waals surface area contributed by atoms with Crippen LogP contribution in [0.5, 0.6) is 0 Å². The molecule has 0 bridgehead atoms. The summed E-state index contributed by atoms with van der Waals surface area (Å²) in [5, 5.41) is 3.65. The smallest absolute Gasteiger partial charge is 0.0238 e. The van der Waals surface area contributed by atoms with E-state index in [0.717, 1.165) is 19.5 Å². The normalized spacial score (nSPS) is 20.8. The van der Waals surface area contributed by atoms with E-state index in [1.165, 1.54) is 16.9 Å². The monoisotopic (exact) mass is 264 g/mol. The Bertz CT molecular complexity index is 381. The molecule has 0 saturated heterocycles. The minimum atomic E-state index is 0.592. The van der Waals surface area contributed by atoms with Crippen molar-refractivity contribution in [3.63, 3.8) is 0 Å². The summed E-state index contributed by atoms with van der Waals surface area (Å²) < 4.78 is 0. The molecule has 2 rings (SSSR count). The van der Waals surface area contributed by atoms with E-state index >= 15 is 0 Å². The topological polar surface area (TPSA) is 15.3 Å². The lowest BCUT2D eigenvalue weighted by atomic mass is 9.95. The van der Waals surface area contributed by atoms with E-state index < -0.39 is 0 Å². The van der Waals surface area contributed by atoms with Gasteiger partial charge in [-0.15, -0.1) is 0 Å². The fourth-order valence-corrected chi connectivity index (χ4v) is 3.28. The second kappa shape index (κ2) is 6.60. The first-order chi connectivity index (χ1) is 8.70. The summed E-state index contributed by atoms with van der Waals surface area (Å²) >= 11 is 1.93. The van der Waals surface area contributed by atoms with Crippen LogP contribution < -0.4 is 5.32 Å². The molecule has 1 aliphatic rings. The average molecular weight is 264 g/mol. The Balaban J connectivity index is 1.89. The van der Waals surface area contributed by atoms with Gasteiger partial charge in [-0.25, -0.2) is 0 Å². The van der Waals surface area contributed by atoms with E-state index in [0.29, 0.717) is 12.1 Å². The van der Waals surface area contributed by atoms with Crippen LogP contribution in [0, 0.1) is 0 Å². The van der Waals surface area contributed by atoms with Gasteiger partial charge in [0.2, 0.25) is 0 Å². The predicted molar refractivity (Wildman–Crippen MR) is 81.2 cm³/mol. The first-order valence-corrected chi connectivity index (χ1v) is 8.09. The van der Waals surface area contributed by atoms with Crippen LogP contribution in [0.4, 0.5) is 0 Å². The van der Waals surface area contributed by atoms with Crippen LogP contribution in [0.3, 0.4) is 0 Å². The summed E-state index contributed by atoms with van der Waals surface area (Å²) in [7, 11) is 2.24. The molecule has 0 saturated carbocycles. The largest absolute Gasteiger partial charge is 0.308 e. The number of fused-ring (bicyclic) bond motifs is 1. The molecule has 0 spiro atoms. The molecule has 0 fully saturated rings. The van der Waals surface area contributed by atoms with Crippen molar-refractivity contribution in [2.75, 3.05) is 25.6 Å². The van der Waals surface area contributed by atoms with Crippen molar-refractivity contribution in [2.24, 2.45) is 0 Å². The van der Waals surface area contributed by atoms with E-state index in [2.05, 4.69) is 54.7 Å². The molecule has 1 heterocycles. The van der Waals surface area contributed by atoms with E-state index in [9.17, 15) is 0 Å². The second-order valence-corrected chi connectivity index (χ2v) is 6.21. The highest BCUT2D eigenvalue weighted by atomic mass is 32.2. The number of hydrogen-bond donors (Lipinski definition) is 1. The van der Waals surface area contributed by atoms with Crippen molar-refractivity contribution in [1.29, 1.82) is 0 Å². The van der Waals surface area contributed by atoms with Crippen LogP contribution >= 0.6 is 11.8 Å². The zero-order chi connectivity index (χ0) is 13.0. The van der Waals surface area contributed by atoms with E-state index in [1.54, 1.807) is 0 Å². The van der Waals surface area contributed by atoms with E-state index in [4.69, 9.17) is 0 Å². The Hall–Kier alpha value is -0.510. The van der Waals surface area contributed by atoms with Crippen molar-refractivity contribution in [3.05, 3.63) is 35.4 Å². The molecule has 0 amide bonds. The molecule has 3 heteroatoms. The number of hydrogen-bond acceptors (Lipinski definition) is 3. The fourth-order valence-electron chi connectivity index (χ4n) is 2.55. The van der Waals surface area contributed by atoms with Crippen LogP contribution in [0.2, 0.25) is 0 Å². The Morgan fingerprint density at radius 1 is 1.39 bits per heavy atom. The lowest BCUT2D eigenvalue weighted by molar-refractivity contribution is 0.239. The Kier molecular flexibility index (Phi) is 5.10. The third-order valence-electron chi connectivity index (χ3n) is 3.83. The van der Waals surface area contributed by atoms with Gasteiger partial charge in [0, 0.05) is 30.9 Å². The lowest BCUT2D eigenvalue weighted by Crippen LogP contribution is -2.46. The summed E-state index contributed by atoms with van der Waals surface area (Å²) in [6.45, 7) is 4.47. The third-order valence-corrected chi connectivity index (χ3v) is 4.65. The predicted octanol–water partition coefficient (Wildman–Crippen LogP) is 2.38. The highest BCUT2D eigenvalue weighted by Gasteiger charge is 2.20. The number of rotatable bonds is 5. The molecule has 1 unspecified atom stereocenters. The zero-order valence-electron chi connectivity index (χ0n) is 11.6. The number of nitrogens with zero attached hydrogens (tertiary/aromatic N) is 1. The molecule has 1 aromatic carbocycles. The van der Waals surface area contributed by atoms with Crippen LogP contribution in [0.15, 0.2) is 24.3 Å². The van der Waals surface area contributed by atoms with Gasteiger partial charge >= 0.3 is 0 Å².